The van der Waals surface area contributed by atoms with Crippen molar-refractivity contribution >= 4 is 11.8 Å². The lowest BCUT2D eigenvalue weighted by Gasteiger charge is -2.43. The molecule has 2 heterocycles. The van der Waals surface area contributed by atoms with Gasteiger partial charge in [-0.1, -0.05) is 12.2 Å². The lowest BCUT2D eigenvalue weighted by Crippen LogP contribution is -2.58. The summed E-state index contributed by atoms with van der Waals surface area (Å²) < 4.78 is 5.72. The standard InChI is InChI=1S/C26H40N2O4/c1-7-9-11-12-15-27-16-14-22(20-17-21(32-18-20)13-10-8-2)23(24(27)29)25(30)28(19(3)4)26(5,6)31/h7-8,17-19,22-23,31H,1-2,9-16H2,3-6H3/t22-,23+/m0/s1. The Balaban J connectivity index is 2.34. The lowest BCUT2D eigenvalue weighted by atomic mass is 9.79. The van der Waals surface area contributed by atoms with Crippen LogP contribution in [0.15, 0.2) is 42.1 Å². The molecule has 2 amide bonds. The van der Waals surface area contributed by atoms with Crippen LogP contribution in [-0.2, 0) is 16.0 Å². The molecule has 1 aromatic heterocycles. The van der Waals surface area contributed by atoms with Crippen LogP contribution in [0, 0.1) is 5.92 Å². The topological polar surface area (TPSA) is 74.0 Å². The molecule has 1 N–H and O–H groups in total. The molecule has 1 aliphatic heterocycles. The quantitative estimate of drug-likeness (QED) is 0.220. The van der Waals surface area contributed by atoms with Gasteiger partial charge < -0.3 is 19.3 Å². The third kappa shape index (κ3) is 6.35. The molecule has 0 saturated carbocycles. The number of hydrogen-bond acceptors (Lipinski definition) is 4. The van der Waals surface area contributed by atoms with Crippen molar-refractivity contribution in [3.8, 4) is 0 Å². The van der Waals surface area contributed by atoms with E-state index in [-0.39, 0.29) is 23.8 Å². The molecule has 2 rings (SSSR count). The third-order valence-electron chi connectivity index (χ3n) is 6.08. The van der Waals surface area contributed by atoms with Crippen LogP contribution in [-0.4, -0.2) is 51.6 Å². The van der Waals surface area contributed by atoms with Crippen LogP contribution in [0.25, 0.3) is 0 Å². The Kier molecular flexibility index (Phi) is 9.32. The molecule has 0 radical (unpaired) electrons. The first kappa shape index (κ1) is 25.9. The van der Waals surface area contributed by atoms with E-state index in [1.165, 1.54) is 4.90 Å². The molecule has 0 spiro atoms. The maximum atomic E-state index is 13.7. The molecule has 1 aliphatic rings. The van der Waals surface area contributed by atoms with Gasteiger partial charge in [-0.2, -0.15) is 0 Å². The summed E-state index contributed by atoms with van der Waals surface area (Å²) >= 11 is 0. The average Bonchev–Trinajstić information content (AvgIpc) is 3.17. The summed E-state index contributed by atoms with van der Waals surface area (Å²) in [6.07, 6.45) is 10.4. The van der Waals surface area contributed by atoms with Crippen LogP contribution in [0.3, 0.4) is 0 Å². The monoisotopic (exact) mass is 444 g/mol. The number of carbonyl (C=O) groups is 2. The van der Waals surface area contributed by atoms with Crippen molar-refractivity contribution in [1.82, 2.24) is 9.80 Å². The molecule has 32 heavy (non-hydrogen) atoms. The fraction of sp³-hybridized carbons (Fsp3) is 0.615. The highest BCUT2D eigenvalue weighted by Gasteiger charge is 2.47. The Labute approximate surface area is 193 Å². The zero-order valence-corrected chi connectivity index (χ0v) is 20.2. The van der Waals surface area contributed by atoms with E-state index in [1.54, 1.807) is 20.1 Å². The van der Waals surface area contributed by atoms with E-state index in [1.807, 2.05) is 37.0 Å². The lowest BCUT2D eigenvalue weighted by molar-refractivity contribution is -0.169. The number of allylic oxidation sites excluding steroid dienone is 2. The Morgan fingerprint density at radius 3 is 2.59 bits per heavy atom. The molecule has 6 nitrogen and oxygen atoms in total. The van der Waals surface area contributed by atoms with Gasteiger partial charge in [-0.25, -0.2) is 0 Å². The number of piperidine rings is 1. The van der Waals surface area contributed by atoms with Crippen LogP contribution in [0.1, 0.15) is 77.0 Å². The summed E-state index contributed by atoms with van der Waals surface area (Å²) in [5, 5.41) is 10.7. The van der Waals surface area contributed by atoms with Crippen LogP contribution < -0.4 is 0 Å². The minimum atomic E-state index is -1.37. The summed E-state index contributed by atoms with van der Waals surface area (Å²) in [7, 11) is 0. The van der Waals surface area contributed by atoms with Crippen LogP contribution >= 0.6 is 0 Å². The molecule has 1 fully saturated rings. The second-order valence-electron chi connectivity index (χ2n) is 9.45. The maximum absolute atomic E-state index is 13.7. The van der Waals surface area contributed by atoms with E-state index < -0.39 is 11.6 Å². The Bertz CT molecular complexity index is 790. The summed E-state index contributed by atoms with van der Waals surface area (Å²) in [4.78, 5) is 30.6. The molecule has 0 aromatic carbocycles. The van der Waals surface area contributed by atoms with Crippen molar-refractivity contribution in [2.45, 2.75) is 83.9 Å². The number of aliphatic hydroxyl groups is 1. The second-order valence-corrected chi connectivity index (χ2v) is 9.45. The van der Waals surface area contributed by atoms with E-state index in [4.69, 9.17) is 4.42 Å². The number of furan rings is 1. The van der Waals surface area contributed by atoms with Crippen LogP contribution in [0.5, 0.6) is 0 Å². The summed E-state index contributed by atoms with van der Waals surface area (Å²) in [6.45, 7) is 15.6. The molecular weight excluding hydrogens is 404 g/mol. The number of rotatable bonds is 12. The van der Waals surface area contributed by atoms with Gasteiger partial charge >= 0.3 is 0 Å². The summed E-state index contributed by atoms with van der Waals surface area (Å²) in [6, 6.07) is 1.72. The molecular formula is C26H40N2O4. The summed E-state index contributed by atoms with van der Waals surface area (Å²) in [5.41, 5.74) is -0.491. The molecule has 2 atom stereocenters. The number of nitrogens with zero attached hydrogens (tertiary/aromatic N) is 2. The molecule has 1 aromatic rings. The molecule has 178 valence electrons. The molecule has 0 unspecified atom stereocenters. The first-order valence-corrected chi connectivity index (χ1v) is 11.7. The van der Waals surface area contributed by atoms with E-state index in [0.717, 1.165) is 43.4 Å². The first-order chi connectivity index (χ1) is 15.1. The van der Waals surface area contributed by atoms with Crippen LogP contribution in [0.4, 0.5) is 0 Å². The number of likely N-dealkylation sites (tertiary alicyclic amines) is 1. The van der Waals surface area contributed by atoms with Gasteiger partial charge in [0.25, 0.3) is 0 Å². The average molecular weight is 445 g/mol. The van der Waals surface area contributed by atoms with Crippen molar-refractivity contribution in [2.24, 2.45) is 5.92 Å². The van der Waals surface area contributed by atoms with E-state index in [0.29, 0.717) is 19.5 Å². The highest BCUT2D eigenvalue weighted by Crippen LogP contribution is 2.38. The zero-order valence-electron chi connectivity index (χ0n) is 20.2. The van der Waals surface area contributed by atoms with Gasteiger partial charge in [0.1, 0.15) is 17.4 Å². The highest BCUT2D eigenvalue weighted by molar-refractivity contribution is 6.02. The van der Waals surface area contributed by atoms with Crippen molar-refractivity contribution in [3.05, 3.63) is 49.0 Å². The SMILES string of the molecule is C=CCCCCN1CC[C@@H](c2coc(CCC=C)c2)[C@@H](C(=O)N(C(C)C)C(C)(C)O)C1=O. The highest BCUT2D eigenvalue weighted by atomic mass is 16.3. The van der Waals surface area contributed by atoms with Crippen molar-refractivity contribution < 1.29 is 19.1 Å². The zero-order chi connectivity index (χ0) is 23.9. The van der Waals surface area contributed by atoms with Crippen LogP contribution in [0.2, 0.25) is 0 Å². The number of carbonyl (C=O) groups excluding carboxylic acids is 2. The first-order valence-electron chi connectivity index (χ1n) is 11.7. The molecule has 0 aliphatic carbocycles. The Morgan fingerprint density at radius 2 is 2.00 bits per heavy atom. The smallest absolute Gasteiger partial charge is 0.238 e. The van der Waals surface area contributed by atoms with Gasteiger partial charge in [0.15, 0.2) is 0 Å². The normalized spacial score (nSPS) is 19.3. The van der Waals surface area contributed by atoms with Gasteiger partial charge in [-0.15, -0.1) is 13.2 Å². The van der Waals surface area contributed by atoms with Crippen molar-refractivity contribution in [3.63, 3.8) is 0 Å². The van der Waals surface area contributed by atoms with Gasteiger partial charge in [0, 0.05) is 31.5 Å². The maximum Gasteiger partial charge on any atom is 0.238 e. The fourth-order valence-corrected chi connectivity index (χ4v) is 4.66. The number of unbranched alkanes of at least 4 members (excludes halogenated alkanes) is 2. The van der Waals surface area contributed by atoms with E-state index in [2.05, 4.69) is 13.2 Å². The number of aryl methyl sites for hydroxylation is 1. The van der Waals surface area contributed by atoms with Gasteiger partial charge in [0.2, 0.25) is 11.8 Å². The number of hydrogen-bond donors (Lipinski definition) is 1. The van der Waals surface area contributed by atoms with Gasteiger partial charge in [-0.3, -0.25) is 9.59 Å². The van der Waals surface area contributed by atoms with Gasteiger partial charge in [0.05, 0.1) is 6.26 Å². The minimum absolute atomic E-state index is 0.159. The Morgan fingerprint density at radius 1 is 1.31 bits per heavy atom. The predicted molar refractivity (Wildman–Crippen MR) is 127 cm³/mol. The molecule has 0 bridgehead atoms. The third-order valence-corrected chi connectivity index (χ3v) is 6.08. The summed E-state index contributed by atoms with van der Waals surface area (Å²) in [5.74, 6) is -0.805. The fourth-order valence-electron chi connectivity index (χ4n) is 4.66. The van der Waals surface area contributed by atoms with Crippen molar-refractivity contribution in [2.75, 3.05) is 13.1 Å². The second kappa shape index (κ2) is 11.5. The molecule has 6 heteroatoms. The number of amides is 2. The van der Waals surface area contributed by atoms with E-state index in [9.17, 15) is 14.7 Å². The molecule has 1 saturated heterocycles. The largest absolute Gasteiger partial charge is 0.469 e. The van der Waals surface area contributed by atoms with Gasteiger partial charge in [-0.05, 0) is 71.4 Å². The van der Waals surface area contributed by atoms with E-state index >= 15 is 0 Å². The predicted octanol–water partition coefficient (Wildman–Crippen LogP) is 4.65. The Hall–Kier alpha value is -2.34. The minimum Gasteiger partial charge on any atom is -0.469 e. The van der Waals surface area contributed by atoms with Crippen molar-refractivity contribution in [1.29, 1.82) is 0 Å².